The molecule has 2 heterocycles. The molecule has 1 aliphatic heterocycles. The summed E-state index contributed by atoms with van der Waals surface area (Å²) in [7, 11) is 0. The van der Waals surface area contributed by atoms with Crippen molar-refractivity contribution in [2.75, 3.05) is 6.54 Å². The van der Waals surface area contributed by atoms with E-state index in [0.29, 0.717) is 6.04 Å². The Balaban J connectivity index is 0.000000845. The second kappa shape index (κ2) is 5.54. The fourth-order valence-electron chi connectivity index (χ4n) is 1.72. The monoisotopic (exact) mass is 290 g/mol. The van der Waals surface area contributed by atoms with Gasteiger partial charge in [0.2, 0.25) is 0 Å². The second-order valence-electron chi connectivity index (χ2n) is 3.29. The average Bonchev–Trinajstić information content (AvgIpc) is 2.21. The van der Waals surface area contributed by atoms with Crippen LogP contribution < -0.4 is 5.32 Å². The predicted octanol–water partition coefficient (Wildman–Crippen LogP) is 2.51. The lowest BCUT2D eigenvalue weighted by Gasteiger charge is -2.23. The molecule has 0 saturated carbocycles. The summed E-state index contributed by atoms with van der Waals surface area (Å²) in [5.74, 6) is 0. The summed E-state index contributed by atoms with van der Waals surface area (Å²) in [5, 5.41) is 3.50. The highest BCUT2D eigenvalue weighted by atomic mass is 127. The fraction of sp³-hybridized carbons (Fsp3) is 0.500. The van der Waals surface area contributed by atoms with Gasteiger partial charge in [0.05, 0.1) is 0 Å². The van der Waals surface area contributed by atoms with E-state index in [1.165, 1.54) is 24.8 Å². The maximum absolute atomic E-state index is 4.12. The van der Waals surface area contributed by atoms with Gasteiger partial charge in [0.25, 0.3) is 0 Å². The molecule has 72 valence electrons. The highest BCUT2D eigenvalue weighted by Gasteiger charge is 2.13. The molecule has 1 fully saturated rings. The first-order valence-corrected chi connectivity index (χ1v) is 4.60. The van der Waals surface area contributed by atoms with Crippen molar-refractivity contribution in [1.82, 2.24) is 10.3 Å². The van der Waals surface area contributed by atoms with Crippen LogP contribution in [-0.4, -0.2) is 11.5 Å². The Morgan fingerprint density at radius 1 is 1.38 bits per heavy atom. The van der Waals surface area contributed by atoms with Crippen LogP contribution in [0.3, 0.4) is 0 Å². The molecule has 0 amide bonds. The van der Waals surface area contributed by atoms with Gasteiger partial charge in [-0.15, -0.1) is 24.0 Å². The van der Waals surface area contributed by atoms with Crippen LogP contribution in [-0.2, 0) is 0 Å². The Hall–Kier alpha value is -0.160. The first-order valence-electron chi connectivity index (χ1n) is 4.60. The molecule has 1 aromatic heterocycles. The molecule has 3 heteroatoms. The van der Waals surface area contributed by atoms with Crippen molar-refractivity contribution in [3.63, 3.8) is 0 Å². The third kappa shape index (κ3) is 2.91. The van der Waals surface area contributed by atoms with Gasteiger partial charge >= 0.3 is 0 Å². The number of rotatable bonds is 1. The van der Waals surface area contributed by atoms with E-state index in [1.54, 1.807) is 0 Å². The number of aromatic nitrogens is 1. The molecule has 1 aliphatic rings. The van der Waals surface area contributed by atoms with Crippen molar-refractivity contribution < 1.29 is 0 Å². The van der Waals surface area contributed by atoms with Crippen molar-refractivity contribution >= 4 is 24.0 Å². The molecule has 0 spiro atoms. The molecule has 2 rings (SSSR count). The summed E-state index contributed by atoms with van der Waals surface area (Å²) < 4.78 is 0. The molecule has 0 bridgehead atoms. The molecular formula is C10H15IN2. The molecule has 1 atom stereocenters. The van der Waals surface area contributed by atoms with Gasteiger partial charge in [-0.3, -0.25) is 4.98 Å². The third-order valence-corrected chi connectivity index (χ3v) is 2.40. The number of pyridine rings is 1. The van der Waals surface area contributed by atoms with E-state index >= 15 is 0 Å². The van der Waals surface area contributed by atoms with Crippen molar-refractivity contribution in [2.24, 2.45) is 0 Å². The second-order valence-corrected chi connectivity index (χ2v) is 3.29. The quantitative estimate of drug-likeness (QED) is 0.804. The zero-order chi connectivity index (χ0) is 8.23. The summed E-state index contributed by atoms with van der Waals surface area (Å²) in [6, 6.07) is 4.70. The molecule has 1 N–H and O–H groups in total. The molecule has 1 saturated heterocycles. The summed E-state index contributed by atoms with van der Waals surface area (Å²) >= 11 is 0. The van der Waals surface area contributed by atoms with Crippen LogP contribution in [0.15, 0.2) is 24.5 Å². The Labute approximate surface area is 96.2 Å². The smallest absolute Gasteiger partial charge is 0.0335 e. The molecule has 0 aliphatic carbocycles. The van der Waals surface area contributed by atoms with Crippen LogP contribution in [0.25, 0.3) is 0 Å². The Morgan fingerprint density at radius 3 is 2.92 bits per heavy atom. The first-order chi connectivity index (χ1) is 5.97. The number of piperidine rings is 1. The standard InChI is InChI=1S/C10H14N2.HI/c1-2-7-12-10(5-1)9-4-3-6-11-8-9;/h3-4,6,8,10,12H,1-2,5,7H2;1H. The van der Waals surface area contributed by atoms with Crippen molar-refractivity contribution in [1.29, 1.82) is 0 Å². The summed E-state index contributed by atoms with van der Waals surface area (Å²) in [6.07, 6.45) is 7.70. The Bertz CT molecular complexity index is 232. The lowest BCUT2D eigenvalue weighted by atomic mass is 9.99. The van der Waals surface area contributed by atoms with Gasteiger partial charge in [0.15, 0.2) is 0 Å². The lowest BCUT2D eigenvalue weighted by molar-refractivity contribution is 0.411. The number of halogens is 1. The topological polar surface area (TPSA) is 24.9 Å². The van der Waals surface area contributed by atoms with E-state index in [2.05, 4.69) is 16.4 Å². The van der Waals surface area contributed by atoms with Gasteiger partial charge in [-0.25, -0.2) is 0 Å². The molecule has 13 heavy (non-hydrogen) atoms. The maximum atomic E-state index is 4.12. The number of nitrogens with zero attached hydrogens (tertiary/aromatic N) is 1. The van der Waals surface area contributed by atoms with Gasteiger partial charge < -0.3 is 5.32 Å². The third-order valence-electron chi connectivity index (χ3n) is 2.40. The minimum Gasteiger partial charge on any atom is -0.310 e. The van der Waals surface area contributed by atoms with E-state index in [0.717, 1.165) is 6.54 Å². The zero-order valence-corrected chi connectivity index (χ0v) is 9.90. The Morgan fingerprint density at radius 2 is 2.31 bits per heavy atom. The molecule has 2 nitrogen and oxygen atoms in total. The average molecular weight is 290 g/mol. The van der Waals surface area contributed by atoms with E-state index in [-0.39, 0.29) is 24.0 Å². The van der Waals surface area contributed by atoms with Crippen molar-refractivity contribution in [3.8, 4) is 0 Å². The fourth-order valence-corrected chi connectivity index (χ4v) is 1.72. The minimum atomic E-state index is 0. The zero-order valence-electron chi connectivity index (χ0n) is 7.57. The van der Waals surface area contributed by atoms with Crippen LogP contribution >= 0.6 is 24.0 Å². The van der Waals surface area contributed by atoms with Crippen LogP contribution in [0.1, 0.15) is 30.9 Å². The Kier molecular flexibility index (Phi) is 4.66. The molecule has 0 aromatic carbocycles. The minimum absolute atomic E-state index is 0. The number of hydrogen-bond acceptors (Lipinski definition) is 2. The van der Waals surface area contributed by atoms with Gasteiger partial charge in [0.1, 0.15) is 0 Å². The van der Waals surface area contributed by atoms with E-state index in [1.807, 2.05) is 18.5 Å². The van der Waals surface area contributed by atoms with E-state index in [9.17, 15) is 0 Å². The van der Waals surface area contributed by atoms with Crippen LogP contribution in [0.2, 0.25) is 0 Å². The first kappa shape index (κ1) is 10.9. The molecule has 1 aromatic rings. The van der Waals surface area contributed by atoms with Crippen LogP contribution in [0, 0.1) is 0 Å². The highest BCUT2D eigenvalue weighted by Crippen LogP contribution is 2.21. The summed E-state index contributed by atoms with van der Waals surface area (Å²) in [6.45, 7) is 1.15. The molecular weight excluding hydrogens is 275 g/mol. The summed E-state index contributed by atoms with van der Waals surface area (Å²) in [5.41, 5.74) is 1.33. The SMILES string of the molecule is I.c1cncc(C2CCCCN2)c1. The van der Waals surface area contributed by atoms with Crippen molar-refractivity contribution in [2.45, 2.75) is 25.3 Å². The largest absolute Gasteiger partial charge is 0.310 e. The van der Waals surface area contributed by atoms with Crippen LogP contribution in [0.4, 0.5) is 0 Å². The van der Waals surface area contributed by atoms with Crippen molar-refractivity contribution in [3.05, 3.63) is 30.1 Å². The maximum Gasteiger partial charge on any atom is 0.0335 e. The van der Waals surface area contributed by atoms with Gasteiger partial charge in [-0.1, -0.05) is 12.5 Å². The number of nitrogens with one attached hydrogen (secondary N) is 1. The summed E-state index contributed by atoms with van der Waals surface area (Å²) in [4.78, 5) is 4.12. The van der Waals surface area contributed by atoms with Gasteiger partial charge in [-0.05, 0) is 31.0 Å². The van der Waals surface area contributed by atoms with E-state index < -0.39 is 0 Å². The van der Waals surface area contributed by atoms with Gasteiger partial charge in [0, 0.05) is 18.4 Å². The highest BCUT2D eigenvalue weighted by molar-refractivity contribution is 14.0. The number of hydrogen-bond donors (Lipinski definition) is 1. The van der Waals surface area contributed by atoms with E-state index in [4.69, 9.17) is 0 Å². The predicted molar refractivity (Wildman–Crippen MR) is 64.2 cm³/mol. The normalized spacial score (nSPS) is 22.0. The molecule has 1 unspecified atom stereocenters. The van der Waals surface area contributed by atoms with Crippen LogP contribution in [0.5, 0.6) is 0 Å². The van der Waals surface area contributed by atoms with Gasteiger partial charge in [-0.2, -0.15) is 0 Å². The molecule has 0 radical (unpaired) electrons. The lowest BCUT2D eigenvalue weighted by Crippen LogP contribution is -2.26.